The maximum Gasteiger partial charge on any atom is 0.292 e. The Morgan fingerprint density at radius 3 is 2.56 bits per heavy atom. The van der Waals surface area contributed by atoms with E-state index in [0.29, 0.717) is 24.7 Å². The van der Waals surface area contributed by atoms with Crippen LogP contribution in [0.3, 0.4) is 0 Å². The molecule has 0 bridgehead atoms. The van der Waals surface area contributed by atoms with Gasteiger partial charge in [0.05, 0.1) is 4.90 Å². The summed E-state index contributed by atoms with van der Waals surface area (Å²) in [6.45, 7) is 0.777. The van der Waals surface area contributed by atoms with Crippen LogP contribution in [-0.4, -0.2) is 27.7 Å². The van der Waals surface area contributed by atoms with Crippen LogP contribution in [0.5, 0.6) is 11.5 Å². The van der Waals surface area contributed by atoms with Crippen LogP contribution in [0, 0.1) is 0 Å². The zero-order valence-electron chi connectivity index (χ0n) is 8.04. The summed E-state index contributed by atoms with van der Waals surface area (Å²) >= 11 is 0. The highest BCUT2D eigenvalue weighted by Gasteiger charge is 2.18. The van der Waals surface area contributed by atoms with E-state index < -0.39 is 10.0 Å². The second kappa shape index (κ2) is 3.96. The Labute approximate surface area is 91.6 Å². The number of benzene rings is 1. The van der Waals surface area contributed by atoms with Crippen molar-refractivity contribution in [2.24, 2.45) is 4.40 Å². The van der Waals surface area contributed by atoms with Crippen molar-refractivity contribution in [2.75, 3.05) is 13.2 Å². The molecule has 1 aromatic rings. The number of fused-ring (bicyclic) bond motifs is 1. The van der Waals surface area contributed by atoms with Crippen LogP contribution < -0.4 is 9.47 Å². The van der Waals surface area contributed by atoms with E-state index in [9.17, 15) is 13.2 Å². The fraction of sp³-hybridized carbons (Fsp3) is 0.222. The van der Waals surface area contributed by atoms with E-state index in [1.807, 2.05) is 0 Å². The van der Waals surface area contributed by atoms with Crippen molar-refractivity contribution in [3.05, 3.63) is 18.2 Å². The first-order chi connectivity index (χ1) is 7.63. The zero-order valence-corrected chi connectivity index (χ0v) is 8.86. The lowest BCUT2D eigenvalue weighted by molar-refractivity contribution is 0.171. The van der Waals surface area contributed by atoms with Crippen LogP contribution >= 0.6 is 0 Å². The van der Waals surface area contributed by atoms with Crippen molar-refractivity contribution >= 4 is 16.1 Å². The first kappa shape index (κ1) is 10.7. The largest absolute Gasteiger partial charge is 0.486 e. The number of nitrogens with zero attached hydrogens (tertiary/aromatic N) is 1. The summed E-state index contributed by atoms with van der Waals surface area (Å²) in [5, 5.41) is 0. The molecule has 0 spiro atoms. The van der Waals surface area contributed by atoms with E-state index in [1.54, 1.807) is 0 Å². The lowest BCUT2D eigenvalue weighted by Crippen LogP contribution is -2.15. The second-order valence-electron chi connectivity index (χ2n) is 2.96. The highest BCUT2D eigenvalue weighted by atomic mass is 32.2. The minimum atomic E-state index is -3.98. The van der Waals surface area contributed by atoms with Crippen molar-refractivity contribution in [1.82, 2.24) is 0 Å². The van der Waals surface area contributed by atoms with E-state index in [0.717, 1.165) is 6.08 Å². The van der Waals surface area contributed by atoms with Gasteiger partial charge in [-0.3, -0.25) is 0 Å². The first-order valence-corrected chi connectivity index (χ1v) is 5.81. The van der Waals surface area contributed by atoms with Gasteiger partial charge in [-0.1, -0.05) is 4.40 Å². The Morgan fingerprint density at radius 2 is 1.88 bits per heavy atom. The fourth-order valence-corrected chi connectivity index (χ4v) is 1.99. The monoisotopic (exact) mass is 241 g/mol. The van der Waals surface area contributed by atoms with Gasteiger partial charge in [-0.15, -0.1) is 0 Å². The maximum atomic E-state index is 11.4. The topological polar surface area (TPSA) is 82.0 Å². The molecule has 7 heteroatoms. The van der Waals surface area contributed by atoms with Crippen molar-refractivity contribution < 1.29 is 22.7 Å². The number of hydrogen-bond donors (Lipinski definition) is 0. The van der Waals surface area contributed by atoms with Crippen molar-refractivity contribution in [3.8, 4) is 11.5 Å². The van der Waals surface area contributed by atoms with Crippen LogP contribution in [0.4, 0.5) is 0 Å². The Bertz CT molecular complexity index is 559. The molecule has 0 saturated carbocycles. The molecule has 1 aromatic carbocycles. The molecule has 16 heavy (non-hydrogen) atoms. The second-order valence-corrected chi connectivity index (χ2v) is 4.57. The van der Waals surface area contributed by atoms with Crippen LogP contribution in [0.15, 0.2) is 27.5 Å². The molecular weight excluding hydrogens is 234 g/mol. The third kappa shape index (κ3) is 1.91. The lowest BCUT2D eigenvalue weighted by atomic mass is 10.3. The Balaban J connectivity index is 2.49. The SMILES string of the molecule is O=C=NS(=O)(=O)c1ccc2c(c1)OCCO2. The summed E-state index contributed by atoms with van der Waals surface area (Å²) < 4.78 is 36.0. The standard InChI is InChI=1S/C9H7NO5S/c11-6-10-16(12,13)7-1-2-8-9(5-7)15-4-3-14-8/h1-2,5H,3-4H2. The van der Waals surface area contributed by atoms with Gasteiger partial charge in [0.2, 0.25) is 0 Å². The van der Waals surface area contributed by atoms with Crippen molar-refractivity contribution in [1.29, 1.82) is 0 Å². The first-order valence-electron chi connectivity index (χ1n) is 4.37. The van der Waals surface area contributed by atoms with Gasteiger partial charge in [0.25, 0.3) is 16.1 Å². The third-order valence-electron chi connectivity index (χ3n) is 1.97. The summed E-state index contributed by atoms with van der Waals surface area (Å²) in [6.07, 6.45) is 1.00. The van der Waals surface area contributed by atoms with Gasteiger partial charge in [0.1, 0.15) is 13.2 Å². The van der Waals surface area contributed by atoms with Gasteiger partial charge < -0.3 is 9.47 Å². The number of sulfonamides is 1. The maximum absolute atomic E-state index is 11.4. The summed E-state index contributed by atoms with van der Waals surface area (Å²) in [5.41, 5.74) is 0. The summed E-state index contributed by atoms with van der Waals surface area (Å²) in [5.74, 6) is 0.800. The van der Waals surface area contributed by atoms with Gasteiger partial charge in [0, 0.05) is 6.07 Å². The number of hydrogen-bond acceptors (Lipinski definition) is 5. The number of carbonyl (C=O) groups excluding carboxylic acids is 1. The molecule has 0 aliphatic carbocycles. The van der Waals surface area contributed by atoms with Gasteiger partial charge in [0.15, 0.2) is 11.5 Å². The van der Waals surface area contributed by atoms with Gasteiger partial charge >= 0.3 is 0 Å². The predicted octanol–water partition coefficient (Wildman–Crippen LogP) is 0.482. The highest BCUT2D eigenvalue weighted by Crippen LogP contribution is 2.32. The van der Waals surface area contributed by atoms with Crippen molar-refractivity contribution in [3.63, 3.8) is 0 Å². The van der Waals surface area contributed by atoms with Crippen molar-refractivity contribution in [2.45, 2.75) is 4.90 Å². The average molecular weight is 241 g/mol. The molecule has 0 atom stereocenters. The molecule has 0 saturated heterocycles. The number of rotatable bonds is 2. The molecule has 0 fully saturated rings. The lowest BCUT2D eigenvalue weighted by Gasteiger charge is -2.18. The smallest absolute Gasteiger partial charge is 0.292 e. The third-order valence-corrected chi connectivity index (χ3v) is 3.13. The molecule has 1 aliphatic heterocycles. The average Bonchev–Trinajstić information content (AvgIpc) is 2.28. The Hall–Kier alpha value is -1.85. The molecular formula is C9H7NO5S. The summed E-state index contributed by atoms with van der Waals surface area (Å²) in [6, 6.07) is 4.02. The van der Waals surface area contributed by atoms with E-state index in [4.69, 9.17) is 9.47 Å². The molecule has 0 amide bonds. The molecule has 0 unspecified atom stereocenters. The molecule has 1 heterocycles. The highest BCUT2D eigenvalue weighted by molar-refractivity contribution is 7.90. The zero-order chi connectivity index (χ0) is 11.6. The fourth-order valence-electron chi connectivity index (χ4n) is 1.29. The molecule has 0 N–H and O–H groups in total. The minimum Gasteiger partial charge on any atom is -0.486 e. The number of ether oxygens (including phenoxy) is 2. The van der Waals surface area contributed by atoms with Crippen LogP contribution in [0.25, 0.3) is 0 Å². The van der Waals surface area contributed by atoms with Gasteiger partial charge in [-0.2, -0.15) is 8.42 Å². The van der Waals surface area contributed by atoms with Crippen LogP contribution in [-0.2, 0) is 14.8 Å². The molecule has 2 rings (SSSR count). The molecule has 1 aliphatic rings. The quantitative estimate of drug-likeness (QED) is 0.555. The Morgan fingerprint density at radius 1 is 1.19 bits per heavy atom. The Kier molecular flexibility index (Phi) is 2.64. The van der Waals surface area contributed by atoms with Crippen LogP contribution in [0.2, 0.25) is 0 Å². The predicted molar refractivity (Wildman–Crippen MR) is 52.7 cm³/mol. The minimum absolute atomic E-state index is 0.125. The van der Waals surface area contributed by atoms with E-state index in [2.05, 4.69) is 4.40 Å². The molecule has 84 valence electrons. The molecule has 0 aromatic heterocycles. The van der Waals surface area contributed by atoms with E-state index >= 15 is 0 Å². The summed E-state index contributed by atoms with van der Waals surface area (Å²) in [7, 11) is -3.98. The molecule has 0 radical (unpaired) electrons. The van der Waals surface area contributed by atoms with Crippen LogP contribution in [0.1, 0.15) is 0 Å². The normalized spacial score (nSPS) is 14.0. The summed E-state index contributed by atoms with van der Waals surface area (Å²) in [4.78, 5) is 9.83. The van der Waals surface area contributed by atoms with Gasteiger partial charge in [-0.25, -0.2) is 4.79 Å². The number of isocyanates is 1. The van der Waals surface area contributed by atoms with E-state index in [-0.39, 0.29) is 4.90 Å². The molecule has 6 nitrogen and oxygen atoms in total. The van der Waals surface area contributed by atoms with E-state index in [1.165, 1.54) is 18.2 Å². The van der Waals surface area contributed by atoms with Gasteiger partial charge in [-0.05, 0) is 12.1 Å².